The number of hydrogen-bond donors (Lipinski definition) is 2. The molecule has 1 aromatic carbocycles. The molecule has 4 nitrogen and oxygen atoms in total. The van der Waals surface area contributed by atoms with Gasteiger partial charge in [-0.2, -0.15) is 0 Å². The topological polar surface area (TPSA) is 58.6 Å². The Balaban J connectivity index is 2.42. The number of amides is 1. The molecule has 6 heteroatoms. The maximum Gasteiger partial charge on any atom is 0.258 e. The van der Waals surface area contributed by atoms with Crippen molar-refractivity contribution < 1.29 is 14.6 Å². The van der Waals surface area contributed by atoms with E-state index in [1.165, 1.54) is 6.07 Å². The highest BCUT2D eigenvalue weighted by Gasteiger charge is 2.06. The predicted octanol–water partition coefficient (Wildman–Crippen LogP) is 1.87. The quantitative estimate of drug-likeness (QED) is 0.864. The van der Waals surface area contributed by atoms with Crippen molar-refractivity contribution in [1.29, 1.82) is 0 Å². The van der Waals surface area contributed by atoms with Gasteiger partial charge < -0.3 is 15.2 Å². The molecule has 0 unspecified atom stereocenters. The van der Waals surface area contributed by atoms with E-state index in [4.69, 9.17) is 33.0 Å². The molecule has 17 heavy (non-hydrogen) atoms. The van der Waals surface area contributed by atoms with Gasteiger partial charge in [-0.25, -0.2) is 0 Å². The van der Waals surface area contributed by atoms with Crippen LogP contribution in [0.5, 0.6) is 5.75 Å². The van der Waals surface area contributed by atoms with E-state index in [-0.39, 0.29) is 19.1 Å². The van der Waals surface area contributed by atoms with E-state index in [9.17, 15) is 4.79 Å². The second kappa shape index (κ2) is 6.69. The van der Waals surface area contributed by atoms with Crippen LogP contribution in [0.2, 0.25) is 10.0 Å². The van der Waals surface area contributed by atoms with Gasteiger partial charge in [0.25, 0.3) is 5.91 Å². The summed E-state index contributed by atoms with van der Waals surface area (Å²) in [4.78, 5) is 11.3. The fourth-order valence-corrected chi connectivity index (χ4v) is 1.51. The van der Waals surface area contributed by atoms with E-state index < -0.39 is 6.10 Å². The highest BCUT2D eigenvalue weighted by atomic mass is 35.5. The molecule has 0 aliphatic rings. The van der Waals surface area contributed by atoms with Crippen molar-refractivity contribution in [2.45, 2.75) is 13.0 Å². The van der Waals surface area contributed by atoms with Gasteiger partial charge in [0.1, 0.15) is 5.75 Å². The molecule has 0 saturated heterocycles. The van der Waals surface area contributed by atoms with Crippen molar-refractivity contribution in [3.63, 3.8) is 0 Å². The van der Waals surface area contributed by atoms with Crippen LogP contribution in [0.1, 0.15) is 6.92 Å². The van der Waals surface area contributed by atoms with E-state index in [2.05, 4.69) is 5.32 Å². The first-order valence-electron chi connectivity index (χ1n) is 5.01. The highest BCUT2D eigenvalue weighted by Crippen LogP contribution is 2.27. The minimum absolute atomic E-state index is 0.159. The second-order valence-electron chi connectivity index (χ2n) is 3.52. The molecule has 2 N–H and O–H groups in total. The average molecular weight is 278 g/mol. The Morgan fingerprint density at radius 2 is 2.24 bits per heavy atom. The number of carbonyl (C=O) groups is 1. The summed E-state index contributed by atoms with van der Waals surface area (Å²) in [5.41, 5.74) is 0. The minimum atomic E-state index is -0.585. The van der Waals surface area contributed by atoms with E-state index in [0.717, 1.165) is 0 Å². The number of rotatable bonds is 5. The monoisotopic (exact) mass is 277 g/mol. The lowest BCUT2D eigenvalue weighted by molar-refractivity contribution is -0.123. The zero-order valence-corrected chi connectivity index (χ0v) is 10.8. The number of carbonyl (C=O) groups excluding carboxylic acids is 1. The molecule has 0 heterocycles. The lowest BCUT2D eigenvalue weighted by atomic mass is 10.3. The molecule has 1 aromatic rings. The fourth-order valence-electron chi connectivity index (χ4n) is 1.05. The first-order valence-corrected chi connectivity index (χ1v) is 5.77. The molecule has 0 aromatic heterocycles. The first-order chi connectivity index (χ1) is 7.99. The number of aliphatic hydroxyl groups excluding tert-OH is 1. The van der Waals surface area contributed by atoms with Crippen LogP contribution in [0.15, 0.2) is 18.2 Å². The van der Waals surface area contributed by atoms with Crippen LogP contribution in [-0.2, 0) is 4.79 Å². The van der Waals surface area contributed by atoms with Crippen LogP contribution in [0, 0.1) is 0 Å². The third kappa shape index (κ3) is 5.26. The van der Waals surface area contributed by atoms with E-state index in [0.29, 0.717) is 15.8 Å². The molecule has 1 amide bonds. The molecular weight excluding hydrogens is 265 g/mol. The maximum absolute atomic E-state index is 11.3. The van der Waals surface area contributed by atoms with Crippen molar-refractivity contribution >= 4 is 29.1 Å². The summed E-state index contributed by atoms with van der Waals surface area (Å²) in [6, 6.07) is 4.75. The summed E-state index contributed by atoms with van der Waals surface area (Å²) in [6.45, 7) is 1.61. The fraction of sp³-hybridized carbons (Fsp3) is 0.364. The summed E-state index contributed by atoms with van der Waals surface area (Å²) in [5.74, 6) is 0.0696. The third-order valence-electron chi connectivity index (χ3n) is 1.85. The van der Waals surface area contributed by atoms with Crippen LogP contribution in [0.3, 0.4) is 0 Å². The maximum atomic E-state index is 11.3. The van der Waals surface area contributed by atoms with Crippen molar-refractivity contribution in [2.75, 3.05) is 13.2 Å². The predicted molar refractivity (Wildman–Crippen MR) is 66.6 cm³/mol. The summed E-state index contributed by atoms with van der Waals surface area (Å²) in [6.07, 6.45) is -0.585. The van der Waals surface area contributed by atoms with Gasteiger partial charge in [-0.15, -0.1) is 0 Å². The molecule has 0 radical (unpaired) electrons. The van der Waals surface area contributed by atoms with Crippen molar-refractivity contribution in [3.8, 4) is 5.75 Å². The van der Waals surface area contributed by atoms with Gasteiger partial charge in [0.15, 0.2) is 6.61 Å². The smallest absolute Gasteiger partial charge is 0.258 e. The van der Waals surface area contributed by atoms with E-state index in [1.807, 2.05) is 0 Å². The van der Waals surface area contributed by atoms with E-state index >= 15 is 0 Å². The Morgan fingerprint density at radius 3 is 2.82 bits per heavy atom. The Bertz CT molecular complexity index is 396. The highest BCUT2D eigenvalue weighted by molar-refractivity contribution is 6.35. The van der Waals surface area contributed by atoms with Crippen LogP contribution in [0.4, 0.5) is 0 Å². The first kappa shape index (κ1) is 14.1. The normalized spacial score (nSPS) is 12.0. The van der Waals surface area contributed by atoms with E-state index in [1.54, 1.807) is 19.1 Å². The number of benzene rings is 1. The van der Waals surface area contributed by atoms with Gasteiger partial charge in [0.2, 0.25) is 0 Å². The zero-order valence-electron chi connectivity index (χ0n) is 9.24. The average Bonchev–Trinajstić information content (AvgIpc) is 2.25. The zero-order chi connectivity index (χ0) is 12.8. The Morgan fingerprint density at radius 1 is 1.53 bits per heavy atom. The van der Waals surface area contributed by atoms with Gasteiger partial charge in [-0.3, -0.25) is 4.79 Å². The Kier molecular flexibility index (Phi) is 5.55. The van der Waals surface area contributed by atoms with Gasteiger partial charge in [0.05, 0.1) is 11.1 Å². The molecular formula is C11H13Cl2NO3. The van der Waals surface area contributed by atoms with Gasteiger partial charge >= 0.3 is 0 Å². The van der Waals surface area contributed by atoms with Gasteiger partial charge in [0, 0.05) is 11.6 Å². The lowest BCUT2D eigenvalue weighted by Crippen LogP contribution is -2.34. The molecule has 1 atom stereocenters. The second-order valence-corrected chi connectivity index (χ2v) is 4.36. The van der Waals surface area contributed by atoms with Gasteiger partial charge in [-0.05, 0) is 25.1 Å². The van der Waals surface area contributed by atoms with Crippen LogP contribution < -0.4 is 10.1 Å². The number of hydrogen-bond acceptors (Lipinski definition) is 3. The SMILES string of the molecule is C[C@@H](O)CNC(=O)COc1ccc(Cl)cc1Cl. The van der Waals surface area contributed by atoms with Crippen LogP contribution >= 0.6 is 23.2 Å². The molecule has 0 bridgehead atoms. The number of nitrogens with one attached hydrogen (secondary N) is 1. The standard InChI is InChI=1S/C11H13Cl2NO3/c1-7(15)5-14-11(16)6-17-10-3-2-8(12)4-9(10)13/h2-4,7,15H,5-6H2,1H3,(H,14,16)/t7-/m1/s1. The molecule has 0 saturated carbocycles. The van der Waals surface area contributed by atoms with Gasteiger partial charge in [-0.1, -0.05) is 23.2 Å². The summed E-state index contributed by atoms with van der Waals surface area (Å²) in [7, 11) is 0. The minimum Gasteiger partial charge on any atom is -0.482 e. The number of halogens is 2. The molecule has 0 aliphatic heterocycles. The Labute approximate surface area is 109 Å². The lowest BCUT2D eigenvalue weighted by Gasteiger charge is -2.09. The van der Waals surface area contributed by atoms with Crippen molar-refractivity contribution in [1.82, 2.24) is 5.32 Å². The molecule has 94 valence electrons. The molecule has 0 spiro atoms. The summed E-state index contributed by atoms with van der Waals surface area (Å²) in [5, 5.41) is 12.3. The summed E-state index contributed by atoms with van der Waals surface area (Å²) >= 11 is 11.6. The molecule has 0 aliphatic carbocycles. The number of aliphatic hydroxyl groups is 1. The summed E-state index contributed by atoms with van der Waals surface area (Å²) < 4.78 is 5.20. The molecule has 0 fully saturated rings. The van der Waals surface area contributed by atoms with Crippen molar-refractivity contribution in [2.24, 2.45) is 0 Å². The number of ether oxygens (including phenoxy) is 1. The third-order valence-corrected chi connectivity index (χ3v) is 2.38. The van der Waals surface area contributed by atoms with Crippen LogP contribution in [-0.4, -0.2) is 30.3 Å². The molecule has 1 rings (SSSR count). The van der Waals surface area contributed by atoms with Crippen LogP contribution in [0.25, 0.3) is 0 Å². The van der Waals surface area contributed by atoms with Crippen molar-refractivity contribution in [3.05, 3.63) is 28.2 Å². The Hall–Kier alpha value is -0.970. The largest absolute Gasteiger partial charge is 0.482 e.